The summed E-state index contributed by atoms with van der Waals surface area (Å²) in [4.78, 5) is 19.7. The van der Waals surface area contributed by atoms with Crippen LogP contribution in [0.1, 0.15) is 25.8 Å². The number of piperidine rings is 1. The molecule has 2 heterocycles. The number of aromatic nitrogens is 2. The quantitative estimate of drug-likeness (QED) is 0.547. The molecule has 152 valence electrons. The second-order valence-corrected chi connectivity index (χ2v) is 9.25. The molecule has 1 fully saturated rings. The molecular formula is C24H29N3OS. The zero-order valence-electron chi connectivity index (χ0n) is 17.3. The highest BCUT2D eigenvalue weighted by Crippen LogP contribution is 2.26. The maximum absolute atomic E-state index is 12.8. The van der Waals surface area contributed by atoms with E-state index < -0.39 is 0 Å². The number of hydrogen-bond acceptors (Lipinski definition) is 3. The molecule has 1 amide bonds. The molecule has 3 aromatic rings. The van der Waals surface area contributed by atoms with Gasteiger partial charge in [0.25, 0.3) is 0 Å². The lowest BCUT2D eigenvalue weighted by Crippen LogP contribution is -2.43. The van der Waals surface area contributed by atoms with Crippen molar-refractivity contribution in [2.45, 2.75) is 38.4 Å². The normalized spacial score (nSPS) is 19.6. The Bertz CT molecular complexity index is 959. The van der Waals surface area contributed by atoms with E-state index in [0.29, 0.717) is 17.6 Å². The van der Waals surface area contributed by atoms with Crippen molar-refractivity contribution in [2.75, 3.05) is 18.8 Å². The van der Waals surface area contributed by atoms with Gasteiger partial charge in [0.15, 0.2) is 5.16 Å². The van der Waals surface area contributed by atoms with Crippen molar-refractivity contribution in [3.05, 3.63) is 60.2 Å². The lowest BCUT2D eigenvalue weighted by atomic mass is 9.92. The maximum atomic E-state index is 12.8. The van der Waals surface area contributed by atoms with Gasteiger partial charge < -0.3 is 9.47 Å². The summed E-state index contributed by atoms with van der Waals surface area (Å²) >= 11 is 1.57. The third kappa shape index (κ3) is 4.84. The fourth-order valence-corrected chi connectivity index (χ4v) is 5.29. The highest BCUT2D eigenvalue weighted by molar-refractivity contribution is 7.99. The smallest absolute Gasteiger partial charge is 0.233 e. The molecule has 4 rings (SSSR count). The van der Waals surface area contributed by atoms with Crippen molar-refractivity contribution in [3.63, 3.8) is 0 Å². The van der Waals surface area contributed by atoms with Crippen molar-refractivity contribution in [1.29, 1.82) is 0 Å². The van der Waals surface area contributed by atoms with E-state index in [0.717, 1.165) is 42.2 Å². The van der Waals surface area contributed by atoms with Crippen molar-refractivity contribution in [1.82, 2.24) is 14.5 Å². The van der Waals surface area contributed by atoms with Crippen LogP contribution in [0.4, 0.5) is 0 Å². The van der Waals surface area contributed by atoms with E-state index in [9.17, 15) is 4.79 Å². The van der Waals surface area contributed by atoms with Gasteiger partial charge in [-0.25, -0.2) is 4.98 Å². The number of likely N-dealkylation sites (tertiary alicyclic amines) is 1. The van der Waals surface area contributed by atoms with Gasteiger partial charge in [-0.2, -0.15) is 0 Å². The predicted octanol–water partition coefficient (Wildman–Crippen LogP) is 4.88. The SMILES string of the molecule is CC1CC(C)CN(C(=O)CSc2nc3ccccc3n2CCc2ccccc2)C1. The molecule has 2 unspecified atom stereocenters. The molecule has 0 N–H and O–H groups in total. The van der Waals surface area contributed by atoms with E-state index in [2.05, 4.69) is 54.8 Å². The number of carbonyl (C=O) groups is 1. The third-order valence-corrected chi connectivity index (χ3v) is 6.59. The Morgan fingerprint density at radius 1 is 1.03 bits per heavy atom. The van der Waals surface area contributed by atoms with E-state index in [1.165, 1.54) is 12.0 Å². The topological polar surface area (TPSA) is 38.1 Å². The highest BCUT2D eigenvalue weighted by atomic mass is 32.2. The van der Waals surface area contributed by atoms with Crippen LogP contribution in [0.25, 0.3) is 11.0 Å². The second-order valence-electron chi connectivity index (χ2n) is 8.30. The summed E-state index contributed by atoms with van der Waals surface area (Å²) in [6.45, 7) is 7.11. The van der Waals surface area contributed by atoms with Gasteiger partial charge >= 0.3 is 0 Å². The van der Waals surface area contributed by atoms with E-state index in [4.69, 9.17) is 4.98 Å². The van der Waals surface area contributed by atoms with Crippen LogP contribution in [0.2, 0.25) is 0 Å². The molecule has 29 heavy (non-hydrogen) atoms. The molecule has 2 aromatic carbocycles. The summed E-state index contributed by atoms with van der Waals surface area (Å²) in [5.41, 5.74) is 3.45. The Kier molecular flexibility index (Phi) is 6.24. The Hall–Kier alpha value is -2.27. The van der Waals surface area contributed by atoms with E-state index in [1.807, 2.05) is 23.1 Å². The lowest BCUT2D eigenvalue weighted by Gasteiger charge is -2.35. The van der Waals surface area contributed by atoms with Crippen molar-refractivity contribution < 1.29 is 4.79 Å². The number of para-hydroxylation sites is 2. The first kappa shape index (κ1) is 20.0. The molecule has 0 saturated carbocycles. The molecule has 0 aliphatic carbocycles. The van der Waals surface area contributed by atoms with Gasteiger partial charge in [-0.1, -0.05) is 68.1 Å². The number of nitrogens with zero attached hydrogens (tertiary/aromatic N) is 3. The van der Waals surface area contributed by atoms with Crippen LogP contribution in [0.15, 0.2) is 59.8 Å². The fourth-order valence-electron chi connectivity index (χ4n) is 4.35. The molecule has 1 saturated heterocycles. The van der Waals surface area contributed by atoms with Gasteiger partial charge in [0.1, 0.15) is 0 Å². The van der Waals surface area contributed by atoms with Gasteiger partial charge in [-0.05, 0) is 42.4 Å². The van der Waals surface area contributed by atoms with Crippen molar-refractivity contribution >= 4 is 28.7 Å². The van der Waals surface area contributed by atoms with E-state index >= 15 is 0 Å². The standard InChI is InChI=1S/C24H29N3OS/c1-18-14-19(2)16-26(15-18)23(28)17-29-24-25-21-10-6-7-11-22(21)27(24)13-12-20-8-4-3-5-9-20/h3-11,18-19H,12-17H2,1-2H3. The highest BCUT2D eigenvalue weighted by Gasteiger charge is 2.25. The van der Waals surface area contributed by atoms with Gasteiger partial charge in [0.2, 0.25) is 5.91 Å². The number of fused-ring (bicyclic) bond motifs is 1. The van der Waals surface area contributed by atoms with E-state index in [1.54, 1.807) is 11.8 Å². The first-order chi connectivity index (χ1) is 14.1. The molecule has 1 aliphatic heterocycles. The average molecular weight is 408 g/mol. The van der Waals surface area contributed by atoms with Crippen LogP contribution in [0.3, 0.4) is 0 Å². The molecule has 5 heteroatoms. The first-order valence-corrected chi connectivity index (χ1v) is 11.5. The molecule has 1 aromatic heterocycles. The maximum Gasteiger partial charge on any atom is 0.233 e. The van der Waals surface area contributed by atoms with Gasteiger partial charge in [-0.3, -0.25) is 4.79 Å². The zero-order chi connectivity index (χ0) is 20.2. The molecule has 1 aliphatic rings. The number of rotatable bonds is 6. The minimum atomic E-state index is 0.232. The largest absolute Gasteiger partial charge is 0.341 e. The summed E-state index contributed by atoms with van der Waals surface area (Å²) in [7, 11) is 0. The number of benzene rings is 2. The second kappa shape index (κ2) is 9.04. The Morgan fingerprint density at radius 2 is 1.72 bits per heavy atom. The number of imidazole rings is 1. The van der Waals surface area contributed by atoms with Crippen LogP contribution < -0.4 is 0 Å². The number of amides is 1. The number of thioether (sulfide) groups is 1. The average Bonchev–Trinajstić information content (AvgIpc) is 3.08. The number of carbonyl (C=O) groups excluding carboxylic acids is 1. The Labute approximate surface area is 177 Å². The molecule has 2 atom stereocenters. The van der Waals surface area contributed by atoms with Crippen LogP contribution in [0, 0.1) is 11.8 Å². The van der Waals surface area contributed by atoms with Gasteiger partial charge in [0, 0.05) is 19.6 Å². The minimum Gasteiger partial charge on any atom is -0.341 e. The molecular weight excluding hydrogens is 378 g/mol. The van der Waals surface area contributed by atoms with Crippen LogP contribution in [-0.4, -0.2) is 39.2 Å². The molecule has 4 nitrogen and oxygen atoms in total. The van der Waals surface area contributed by atoms with Crippen molar-refractivity contribution in [2.24, 2.45) is 11.8 Å². The number of aryl methyl sites for hydroxylation is 2. The third-order valence-electron chi connectivity index (χ3n) is 5.63. The van der Waals surface area contributed by atoms with Crippen molar-refractivity contribution in [3.8, 4) is 0 Å². The van der Waals surface area contributed by atoms with Gasteiger partial charge in [0.05, 0.1) is 16.8 Å². The molecule has 0 radical (unpaired) electrons. The van der Waals surface area contributed by atoms with Crippen LogP contribution >= 0.6 is 11.8 Å². The Balaban J connectivity index is 1.48. The van der Waals surface area contributed by atoms with Crippen LogP contribution in [-0.2, 0) is 17.8 Å². The number of hydrogen-bond donors (Lipinski definition) is 0. The summed E-state index contributed by atoms with van der Waals surface area (Å²) < 4.78 is 2.27. The zero-order valence-corrected chi connectivity index (χ0v) is 18.1. The van der Waals surface area contributed by atoms with Gasteiger partial charge in [-0.15, -0.1) is 0 Å². The summed E-state index contributed by atoms with van der Waals surface area (Å²) in [6.07, 6.45) is 2.16. The summed E-state index contributed by atoms with van der Waals surface area (Å²) in [5, 5.41) is 0.939. The summed E-state index contributed by atoms with van der Waals surface area (Å²) in [6, 6.07) is 18.8. The lowest BCUT2D eigenvalue weighted by molar-refractivity contribution is -0.130. The fraction of sp³-hybridized carbons (Fsp3) is 0.417. The molecule has 0 spiro atoms. The van der Waals surface area contributed by atoms with E-state index in [-0.39, 0.29) is 5.91 Å². The molecule has 0 bridgehead atoms. The first-order valence-electron chi connectivity index (χ1n) is 10.5. The monoisotopic (exact) mass is 407 g/mol. The predicted molar refractivity (Wildman–Crippen MR) is 120 cm³/mol. The minimum absolute atomic E-state index is 0.232. The summed E-state index contributed by atoms with van der Waals surface area (Å²) in [5.74, 6) is 1.86. The van der Waals surface area contributed by atoms with Crippen LogP contribution in [0.5, 0.6) is 0 Å². The Morgan fingerprint density at radius 3 is 2.48 bits per heavy atom.